The van der Waals surface area contributed by atoms with Crippen LogP contribution in [-0.2, 0) is 4.79 Å². The molecule has 0 spiro atoms. The zero-order valence-corrected chi connectivity index (χ0v) is 12.1. The lowest BCUT2D eigenvalue weighted by molar-refractivity contribution is -0.384. The molecule has 1 aromatic rings. The molecule has 1 aromatic heterocycles. The number of likely N-dealkylation sites (N-methyl/N-ethyl adjacent to an activating group) is 1. The van der Waals surface area contributed by atoms with Gasteiger partial charge in [0.25, 0.3) is 0 Å². The van der Waals surface area contributed by atoms with Gasteiger partial charge in [-0.15, -0.1) is 0 Å². The third kappa shape index (κ3) is 4.04. The molecule has 1 saturated carbocycles. The number of hydrogen-bond acceptors (Lipinski definition) is 6. The first-order chi connectivity index (χ1) is 10.0. The van der Waals surface area contributed by atoms with Crippen molar-refractivity contribution in [1.29, 1.82) is 0 Å². The zero-order chi connectivity index (χ0) is 15.4. The summed E-state index contributed by atoms with van der Waals surface area (Å²) in [6.45, 7) is 2.62. The van der Waals surface area contributed by atoms with E-state index in [0.29, 0.717) is 12.4 Å². The van der Waals surface area contributed by atoms with Crippen LogP contribution in [0.1, 0.15) is 19.8 Å². The molecule has 21 heavy (non-hydrogen) atoms. The predicted octanol–water partition coefficient (Wildman–Crippen LogP) is 1.14. The van der Waals surface area contributed by atoms with E-state index in [1.54, 1.807) is 13.1 Å². The lowest BCUT2D eigenvalue weighted by atomic mass is 10.3. The van der Waals surface area contributed by atoms with Gasteiger partial charge in [0.2, 0.25) is 11.7 Å². The summed E-state index contributed by atoms with van der Waals surface area (Å²) in [5.41, 5.74) is -0.113. The molecule has 8 heteroatoms. The van der Waals surface area contributed by atoms with Crippen molar-refractivity contribution in [3.63, 3.8) is 0 Å². The molecule has 1 aliphatic rings. The van der Waals surface area contributed by atoms with Gasteiger partial charge in [0.05, 0.1) is 11.5 Å². The minimum absolute atomic E-state index is 0.0416. The summed E-state index contributed by atoms with van der Waals surface area (Å²) in [5, 5.41) is 16.9. The van der Waals surface area contributed by atoms with Crippen molar-refractivity contribution < 1.29 is 9.72 Å². The minimum Gasteiger partial charge on any atom is -0.370 e. The quantitative estimate of drug-likeness (QED) is 0.577. The Kier molecular flexibility index (Phi) is 4.56. The molecule has 0 radical (unpaired) electrons. The number of pyridine rings is 1. The van der Waals surface area contributed by atoms with Crippen molar-refractivity contribution in [2.75, 3.05) is 30.4 Å². The fourth-order valence-electron chi connectivity index (χ4n) is 1.94. The molecular formula is C13H19N5O3. The Balaban J connectivity index is 2.15. The number of nitrogens with zero attached hydrogens (tertiary/aromatic N) is 3. The highest BCUT2D eigenvalue weighted by Crippen LogP contribution is 2.27. The first-order valence-electron chi connectivity index (χ1n) is 6.91. The van der Waals surface area contributed by atoms with Crippen molar-refractivity contribution in [2.24, 2.45) is 0 Å². The molecule has 1 amide bonds. The van der Waals surface area contributed by atoms with Crippen LogP contribution in [0, 0.1) is 10.1 Å². The lowest BCUT2D eigenvalue weighted by Gasteiger charge is -2.18. The highest BCUT2D eigenvalue weighted by molar-refractivity contribution is 5.82. The van der Waals surface area contributed by atoms with Gasteiger partial charge in [-0.25, -0.2) is 4.98 Å². The average Bonchev–Trinajstić information content (AvgIpc) is 3.22. The number of hydrogen-bond donors (Lipinski definition) is 2. The molecule has 114 valence electrons. The Labute approximate surface area is 122 Å². The summed E-state index contributed by atoms with van der Waals surface area (Å²) in [4.78, 5) is 28.1. The third-order valence-corrected chi connectivity index (χ3v) is 3.09. The van der Waals surface area contributed by atoms with Gasteiger partial charge in [-0.05, 0) is 25.8 Å². The van der Waals surface area contributed by atoms with E-state index < -0.39 is 4.92 Å². The van der Waals surface area contributed by atoms with Crippen LogP contribution in [-0.4, -0.2) is 42.0 Å². The Morgan fingerprint density at radius 2 is 2.24 bits per heavy atom. The predicted molar refractivity (Wildman–Crippen MR) is 79.5 cm³/mol. The summed E-state index contributed by atoms with van der Waals surface area (Å²) in [6, 6.07) is 3.22. The largest absolute Gasteiger partial charge is 0.370 e. The van der Waals surface area contributed by atoms with Crippen LogP contribution in [0.15, 0.2) is 12.1 Å². The monoisotopic (exact) mass is 293 g/mol. The second-order valence-corrected chi connectivity index (χ2v) is 5.02. The van der Waals surface area contributed by atoms with E-state index in [1.807, 2.05) is 6.92 Å². The molecule has 0 aromatic carbocycles. The standard InChI is InChI=1S/C13H19N5O3/c1-3-14-11-7-6-10(18(20)21)13(16-11)17(2)8-12(19)15-9-4-5-9/h6-7,9H,3-5,8H2,1-2H3,(H,14,16)(H,15,19). The molecule has 1 heterocycles. The van der Waals surface area contributed by atoms with E-state index >= 15 is 0 Å². The number of aromatic nitrogens is 1. The van der Waals surface area contributed by atoms with Gasteiger partial charge < -0.3 is 15.5 Å². The maximum atomic E-state index is 11.8. The number of anilines is 2. The number of rotatable bonds is 7. The third-order valence-electron chi connectivity index (χ3n) is 3.09. The fourth-order valence-corrected chi connectivity index (χ4v) is 1.94. The molecule has 0 aliphatic heterocycles. The van der Waals surface area contributed by atoms with Gasteiger partial charge >= 0.3 is 5.69 Å². The van der Waals surface area contributed by atoms with Crippen molar-refractivity contribution in [3.05, 3.63) is 22.2 Å². The van der Waals surface area contributed by atoms with E-state index in [-0.39, 0.29) is 30.0 Å². The summed E-state index contributed by atoms with van der Waals surface area (Å²) >= 11 is 0. The number of amides is 1. The van der Waals surface area contributed by atoms with Gasteiger partial charge in [0, 0.05) is 25.7 Å². The smallest absolute Gasteiger partial charge is 0.311 e. The molecule has 0 bridgehead atoms. The van der Waals surface area contributed by atoms with E-state index in [4.69, 9.17) is 0 Å². The van der Waals surface area contributed by atoms with Crippen molar-refractivity contribution in [2.45, 2.75) is 25.8 Å². The van der Waals surface area contributed by atoms with Crippen LogP contribution >= 0.6 is 0 Å². The molecule has 0 atom stereocenters. The van der Waals surface area contributed by atoms with Gasteiger partial charge in [0.15, 0.2) is 0 Å². The molecule has 1 fully saturated rings. The summed E-state index contributed by atoms with van der Waals surface area (Å²) in [5.74, 6) is 0.585. The van der Waals surface area contributed by atoms with E-state index in [1.165, 1.54) is 11.0 Å². The Morgan fingerprint density at radius 1 is 1.52 bits per heavy atom. The van der Waals surface area contributed by atoms with Crippen LogP contribution < -0.4 is 15.5 Å². The Hall–Kier alpha value is -2.38. The van der Waals surface area contributed by atoms with Gasteiger partial charge in [-0.3, -0.25) is 14.9 Å². The molecule has 8 nitrogen and oxygen atoms in total. The molecule has 2 N–H and O–H groups in total. The zero-order valence-electron chi connectivity index (χ0n) is 12.1. The van der Waals surface area contributed by atoms with Gasteiger partial charge in [0.1, 0.15) is 5.82 Å². The normalized spacial score (nSPS) is 13.6. The molecule has 0 unspecified atom stereocenters. The highest BCUT2D eigenvalue weighted by Gasteiger charge is 2.25. The molecule has 2 rings (SSSR count). The van der Waals surface area contributed by atoms with Crippen LogP contribution in [0.25, 0.3) is 0 Å². The van der Waals surface area contributed by atoms with Crippen molar-refractivity contribution in [1.82, 2.24) is 10.3 Å². The first kappa shape index (κ1) is 15.0. The summed E-state index contributed by atoms with van der Waals surface area (Å²) < 4.78 is 0. The maximum Gasteiger partial charge on any atom is 0.311 e. The first-order valence-corrected chi connectivity index (χ1v) is 6.91. The Morgan fingerprint density at radius 3 is 2.81 bits per heavy atom. The van der Waals surface area contributed by atoms with Crippen molar-refractivity contribution >= 4 is 23.2 Å². The van der Waals surface area contributed by atoms with E-state index in [0.717, 1.165) is 12.8 Å². The van der Waals surface area contributed by atoms with Crippen LogP contribution in [0.2, 0.25) is 0 Å². The van der Waals surface area contributed by atoms with Crippen LogP contribution in [0.5, 0.6) is 0 Å². The molecule has 0 saturated heterocycles. The van der Waals surface area contributed by atoms with E-state index in [2.05, 4.69) is 15.6 Å². The maximum absolute atomic E-state index is 11.8. The number of carbonyl (C=O) groups excluding carboxylic acids is 1. The average molecular weight is 293 g/mol. The number of carbonyl (C=O) groups is 1. The van der Waals surface area contributed by atoms with Crippen LogP contribution in [0.4, 0.5) is 17.3 Å². The molecular weight excluding hydrogens is 274 g/mol. The van der Waals surface area contributed by atoms with Crippen LogP contribution in [0.3, 0.4) is 0 Å². The summed E-state index contributed by atoms with van der Waals surface area (Å²) in [6.07, 6.45) is 2.01. The molecule has 1 aliphatic carbocycles. The van der Waals surface area contributed by atoms with Gasteiger partial charge in [-0.2, -0.15) is 0 Å². The number of nitrogens with one attached hydrogen (secondary N) is 2. The minimum atomic E-state index is -0.493. The SMILES string of the molecule is CCNc1ccc([N+](=O)[O-])c(N(C)CC(=O)NC2CC2)n1. The highest BCUT2D eigenvalue weighted by atomic mass is 16.6. The second-order valence-electron chi connectivity index (χ2n) is 5.02. The topological polar surface area (TPSA) is 100 Å². The fraction of sp³-hybridized carbons (Fsp3) is 0.538. The van der Waals surface area contributed by atoms with E-state index in [9.17, 15) is 14.9 Å². The Bertz CT molecular complexity index is 545. The number of nitro groups is 1. The van der Waals surface area contributed by atoms with Crippen molar-refractivity contribution in [3.8, 4) is 0 Å². The lowest BCUT2D eigenvalue weighted by Crippen LogP contribution is -2.36. The van der Waals surface area contributed by atoms with Gasteiger partial charge in [-0.1, -0.05) is 0 Å². The summed E-state index contributed by atoms with van der Waals surface area (Å²) in [7, 11) is 1.62. The second kappa shape index (κ2) is 6.38.